The van der Waals surface area contributed by atoms with E-state index >= 15 is 0 Å². The molecule has 15 heavy (non-hydrogen) atoms. The van der Waals surface area contributed by atoms with Crippen molar-refractivity contribution in [1.29, 1.82) is 0 Å². The number of carbonyl (C=O) groups is 1. The fraction of sp³-hybridized carbons (Fsp3) is 0.500. The highest BCUT2D eigenvalue weighted by molar-refractivity contribution is 6.29. The van der Waals surface area contributed by atoms with Gasteiger partial charge in [-0.15, -0.1) is 0 Å². The Kier molecular flexibility index (Phi) is 3.37. The van der Waals surface area contributed by atoms with Gasteiger partial charge in [0.1, 0.15) is 5.15 Å². The Morgan fingerprint density at radius 2 is 2.07 bits per heavy atom. The van der Waals surface area contributed by atoms with E-state index in [0.717, 1.165) is 12.8 Å². The molecule has 1 aromatic rings. The minimum Gasteiger partial charge on any atom is -0.294 e. The molecular formula is C12H14ClNO. The van der Waals surface area contributed by atoms with Crippen molar-refractivity contribution >= 4 is 17.4 Å². The fourth-order valence-corrected chi connectivity index (χ4v) is 2.33. The molecule has 0 aromatic carbocycles. The van der Waals surface area contributed by atoms with Gasteiger partial charge in [-0.05, 0) is 25.0 Å². The first-order valence-corrected chi connectivity index (χ1v) is 5.81. The van der Waals surface area contributed by atoms with Gasteiger partial charge >= 0.3 is 0 Å². The van der Waals surface area contributed by atoms with Gasteiger partial charge in [0.15, 0.2) is 5.78 Å². The lowest BCUT2D eigenvalue weighted by molar-refractivity contribution is 0.0889. The summed E-state index contributed by atoms with van der Waals surface area (Å²) >= 11 is 5.76. The molecule has 1 aliphatic rings. The average molecular weight is 224 g/mol. The van der Waals surface area contributed by atoms with Crippen molar-refractivity contribution in [2.45, 2.75) is 32.1 Å². The molecule has 3 heteroatoms. The third kappa shape index (κ3) is 2.57. The molecule has 0 unspecified atom stereocenters. The van der Waals surface area contributed by atoms with Crippen LogP contribution in [0.25, 0.3) is 0 Å². The van der Waals surface area contributed by atoms with Crippen LogP contribution in [0.2, 0.25) is 5.15 Å². The SMILES string of the molecule is O=C(c1ccnc(Cl)c1)C1CCCCC1. The highest BCUT2D eigenvalue weighted by Crippen LogP contribution is 2.27. The lowest BCUT2D eigenvalue weighted by Crippen LogP contribution is -2.17. The van der Waals surface area contributed by atoms with E-state index in [1.165, 1.54) is 19.3 Å². The van der Waals surface area contributed by atoms with Gasteiger partial charge in [0.25, 0.3) is 0 Å². The zero-order chi connectivity index (χ0) is 10.7. The Labute approximate surface area is 94.7 Å². The van der Waals surface area contributed by atoms with Gasteiger partial charge in [0.2, 0.25) is 0 Å². The molecule has 1 aromatic heterocycles. The first-order chi connectivity index (χ1) is 7.27. The van der Waals surface area contributed by atoms with Gasteiger partial charge in [0, 0.05) is 17.7 Å². The summed E-state index contributed by atoms with van der Waals surface area (Å²) in [4.78, 5) is 15.9. The third-order valence-electron chi connectivity index (χ3n) is 2.99. The molecular weight excluding hydrogens is 210 g/mol. The van der Waals surface area contributed by atoms with Crippen LogP contribution < -0.4 is 0 Å². The summed E-state index contributed by atoms with van der Waals surface area (Å²) in [6.07, 6.45) is 7.27. The molecule has 1 heterocycles. The Morgan fingerprint density at radius 3 is 2.73 bits per heavy atom. The standard InChI is InChI=1S/C12H14ClNO/c13-11-8-10(6-7-14-11)12(15)9-4-2-1-3-5-9/h6-9H,1-5H2. The van der Waals surface area contributed by atoms with Crippen LogP contribution >= 0.6 is 11.6 Å². The number of pyridine rings is 1. The van der Waals surface area contributed by atoms with Crippen LogP contribution in [0.1, 0.15) is 42.5 Å². The number of hydrogen-bond donors (Lipinski definition) is 0. The van der Waals surface area contributed by atoms with Crippen LogP contribution in [-0.4, -0.2) is 10.8 Å². The summed E-state index contributed by atoms with van der Waals surface area (Å²) in [6, 6.07) is 3.42. The van der Waals surface area contributed by atoms with Crippen molar-refractivity contribution in [1.82, 2.24) is 4.98 Å². The van der Waals surface area contributed by atoms with Crippen molar-refractivity contribution in [3.05, 3.63) is 29.0 Å². The topological polar surface area (TPSA) is 30.0 Å². The number of ketones is 1. The number of rotatable bonds is 2. The molecule has 0 saturated heterocycles. The van der Waals surface area contributed by atoms with E-state index in [9.17, 15) is 4.79 Å². The number of aromatic nitrogens is 1. The summed E-state index contributed by atoms with van der Waals surface area (Å²) in [6.45, 7) is 0. The summed E-state index contributed by atoms with van der Waals surface area (Å²) in [7, 11) is 0. The molecule has 2 rings (SSSR count). The van der Waals surface area contributed by atoms with Crippen molar-refractivity contribution in [3.63, 3.8) is 0 Å². The van der Waals surface area contributed by atoms with E-state index in [4.69, 9.17) is 11.6 Å². The van der Waals surface area contributed by atoms with Crippen LogP contribution in [0, 0.1) is 5.92 Å². The van der Waals surface area contributed by atoms with Crippen molar-refractivity contribution < 1.29 is 4.79 Å². The van der Waals surface area contributed by atoms with E-state index in [0.29, 0.717) is 10.7 Å². The van der Waals surface area contributed by atoms with Crippen LogP contribution in [0.5, 0.6) is 0 Å². The Balaban J connectivity index is 2.12. The number of Topliss-reactive ketones (excluding diaryl/α,β-unsaturated/α-hetero) is 1. The second-order valence-corrected chi connectivity index (χ2v) is 4.45. The van der Waals surface area contributed by atoms with Gasteiger partial charge in [-0.25, -0.2) is 4.98 Å². The zero-order valence-corrected chi connectivity index (χ0v) is 9.33. The molecule has 1 fully saturated rings. The van der Waals surface area contributed by atoms with Crippen molar-refractivity contribution in [2.75, 3.05) is 0 Å². The second kappa shape index (κ2) is 4.75. The molecule has 0 atom stereocenters. The maximum Gasteiger partial charge on any atom is 0.166 e. The van der Waals surface area contributed by atoms with E-state index in [1.54, 1.807) is 18.3 Å². The number of halogens is 1. The van der Waals surface area contributed by atoms with Gasteiger partial charge in [0.05, 0.1) is 0 Å². The predicted molar refractivity (Wildman–Crippen MR) is 60.2 cm³/mol. The number of carbonyl (C=O) groups excluding carboxylic acids is 1. The molecule has 0 spiro atoms. The molecule has 0 radical (unpaired) electrons. The van der Waals surface area contributed by atoms with Crippen LogP contribution in [0.4, 0.5) is 0 Å². The quantitative estimate of drug-likeness (QED) is 0.568. The van der Waals surface area contributed by atoms with Gasteiger partial charge in [-0.1, -0.05) is 30.9 Å². The zero-order valence-electron chi connectivity index (χ0n) is 8.58. The second-order valence-electron chi connectivity index (χ2n) is 4.07. The summed E-state index contributed by atoms with van der Waals surface area (Å²) in [5.74, 6) is 0.441. The largest absolute Gasteiger partial charge is 0.294 e. The molecule has 80 valence electrons. The first-order valence-electron chi connectivity index (χ1n) is 5.43. The molecule has 0 aliphatic heterocycles. The first kappa shape index (κ1) is 10.6. The smallest absolute Gasteiger partial charge is 0.166 e. The van der Waals surface area contributed by atoms with Crippen molar-refractivity contribution in [3.8, 4) is 0 Å². The highest BCUT2D eigenvalue weighted by Gasteiger charge is 2.22. The van der Waals surface area contributed by atoms with E-state index in [-0.39, 0.29) is 11.7 Å². The van der Waals surface area contributed by atoms with Crippen molar-refractivity contribution in [2.24, 2.45) is 5.92 Å². The number of nitrogens with zero attached hydrogens (tertiary/aromatic N) is 1. The van der Waals surface area contributed by atoms with Gasteiger partial charge in [-0.3, -0.25) is 4.79 Å². The Morgan fingerprint density at radius 1 is 1.33 bits per heavy atom. The van der Waals surface area contributed by atoms with Crippen LogP contribution in [0.15, 0.2) is 18.3 Å². The maximum absolute atomic E-state index is 12.1. The van der Waals surface area contributed by atoms with Crippen LogP contribution in [-0.2, 0) is 0 Å². The lowest BCUT2D eigenvalue weighted by atomic mass is 9.84. The van der Waals surface area contributed by atoms with E-state index < -0.39 is 0 Å². The minimum atomic E-state index is 0.206. The average Bonchev–Trinajstić information content (AvgIpc) is 2.29. The molecule has 1 aliphatic carbocycles. The molecule has 0 amide bonds. The van der Waals surface area contributed by atoms with E-state index in [1.807, 2.05) is 0 Å². The highest BCUT2D eigenvalue weighted by atomic mass is 35.5. The number of hydrogen-bond acceptors (Lipinski definition) is 2. The summed E-state index contributed by atoms with van der Waals surface area (Å²) < 4.78 is 0. The molecule has 0 N–H and O–H groups in total. The molecule has 0 bridgehead atoms. The normalized spacial score (nSPS) is 17.7. The molecule has 1 saturated carbocycles. The monoisotopic (exact) mass is 223 g/mol. The maximum atomic E-state index is 12.1. The third-order valence-corrected chi connectivity index (χ3v) is 3.19. The lowest BCUT2D eigenvalue weighted by Gasteiger charge is -2.20. The summed E-state index contributed by atoms with van der Waals surface area (Å²) in [5, 5.41) is 0.400. The van der Waals surface area contributed by atoms with Gasteiger partial charge in [-0.2, -0.15) is 0 Å². The molecule has 2 nitrogen and oxygen atoms in total. The van der Waals surface area contributed by atoms with Crippen LogP contribution in [0.3, 0.4) is 0 Å². The Hall–Kier alpha value is -0.890. The van der Waals surface area contributed by atoms with E-state index in [2.05, 4.69) is 4.98 Å². The fourth-order valence-electron chi connectivity index (χ4n) is 2.16. The summed E-state index contributed by atoms with van der Waals surface area (Å²) in [5.41, 5.74) is 0.710. The minimum absolute atomic E-state index is 0.206. The van der Waals surface area contributed by atoms with Gasteiger partial charge < -0.3 is 0 Å². The predicted octanol–water partition coefficient (Wildman–Crippen LogP) is 3.50. The Bertz CT molecular complexity index is 358.